The molecule has 1 N–H and O–H groups in total. The largest absolute Gasteiger partial charge is 0.492 e. The minimum atomic E-state index is -0.819. The first-order valence-corrected chi connectivity index (χ1v) is 12.6. The highest BCUT2D eigenvalue weighted by Gasteiger charge is 2.26. The Morgan fingerprint density at radius 2 is 1.76 bits per heavy atom. The molecule has 1 atom stereocenters. The molecule has 0 aliphatic carbocycles. The van der Waals surface area contributed by atoms with E-state index < -0.39 is 5.97 Å². The maximum absolute atomic E-state index is 13.1. The molecule has 0 spiro atoms. The van der Waals surface area contributed by atoms with Crippen molar-refractivity contribution in [2.45, 2.75) is 64.0 Å². The Kier molecular flexibility index (Phi) is 8.58. The summed E-state index contributed by atoms with van der Waals surface area (Å²) in [6.45, 7) is 3.81. The molecule has 4 rings (SSSR count). The van der Waals surface area contributed by atoms with Gasteiger partial charge in [0.15, 0.2) is 0 Å². The van der Waals surface area contributed by atoms with Crippen LogP contribution >= 0.6 is 0 Å². The van der Waals surface area contributed by atoms with Gasteiger partial charge in [-0.15, -0.1) is 0 Å². The van der Waals surface area contributed by atoms with Crippen molar-refractivity contribution >= 4 is 11.9 Å². The van der Waals surface area contributed by atoms with Crippen LogP contribution in [0.15, 0.2) is 48.5 Å². The second kappa shape index (κ2) is 12.0. The third-order valence-corrected chi connectivity index (χ3v) is 6.94. The molecule has 6 heteroatoms. The number of aliphatic carboxylic acids is 1. The zero-order chi connectivity index (χ0) is 23.8. The molecule has 2 aromatic rings. The molecule has 1 fully saturated rings. The van der Waals surface area contributed by atoms with E-state index in [4.69, 9.17) is 9.84 Å². The number of piperidine rings is 1. The molecule has 2 aromatic carbocycles. The molecule has 1 unspecified atom stereocenters. The Labute approximate surface area is 202 Å². The van der Waals surface area contributed by atoms with Gasteiger partial charge in [0.05, 0.1) is 6.42 Å². The van der Waals surface area contributed by atoms with Crippen molar-refractivity contribution in [1.82, 2.24) is 9.80 Å². The lowest BCUT2D eigenvalue weighted by Gasteiger charge is -2.36. The zero-order valence-corrected chi connectivity index (χ0v) is 20.0. The van der Waals surface area contributed by atoms with Gasteiger partial charge in [0.25, 0.3) is 0 Å². The van der Waals surface area contributed by atoms with E-state index in [0.29, 0.717) is 25.0 Å². The summed E-state index contributed by atoms with van der Waals surface area (Å²) in [4.78, 5) is 28.5. The molecule has 0 aromatic heterocycles. The van der Waals surface area contributed by atoms with Gasteiger partial charge >= 0.3 is 5.97 Å². The van der Waals surface area contributed by atoms with Crippen LogP contribution in [0.5, 0.6) is 5.75 Å². The van der Waals surface area contributed by atoms with E-state index in [1.54, 1.807) is 0 Å². The molecular weight excluding hydrogens is 428 g/mol. The van der Waals surface area contributed by atoms with Gasteiger partial charge in [-0.3, -0.25) is 14.5 Å². The molecule has 0 radical (unpaired) electrons. The Morgan fingerprint density at radius 1 is 0.941 bits per heavy atom. The fourth-order valence-corrected chi connectivity index (χ4v) is 5.11. The van der Waals surface area contributed by atoms with Crippen molar-refractivity contribution in [2.24, 2.45) is 0 Å². The normalized spacial score (nSPS) is 20.5. The average Bonchev–Trinajstić information content (AvgIpc) is 2.83. The molecule has 2 bridgehead atoms. The lowest BCUT2D eigenvalue weighted by Crippen LogP contribution is -2.44. The van der Waals surface area contributed by atoms with Gasteiger partial charge < -0.3 is 14.7 Å². The van der Waals surface area contributed by atoms with Crippen LogP contribution in [0.4, 0.5) is 0 Å². The lowest BCUT2D eigenvalue weighted by atomic mass is 9.95. The number of rotatable bonds is 4. The van der Waals surface area contributed by atoms with Crippen LogP contribution < -0.4 is 4.74 Å². The average molecular weight is 465 g/mol. The van der Waals surface area contributed by atoms with Gasteiger partial charge in [0.2, 0.25) is 5.91 Å². The van der Waals surface area contributed by atoms with Crippen LogP contribution in [0.2, 0.25) is 0 Å². The van der Waals surface area contributed by atoms with E-state index in [2.05, 4.69) is 28.0 Å². The standard InChI is InChI=1S/C28H36N2O4/c31-27-8-4-15-29(21-24-11-9-23(10-12-24)20-28(32)33)17-18-34-26-7-3-5-22(19-26)13-14-25-6-1-2-16-30(25)27/h3,5,7,9-12,19,25H,1-2,4,6,8,13-18,20-21H2,(H,32,33). The predicted octanol–water partition coefficient (Wildman–Crippen LogP) is 4.30. The Hall–Kier alpha value is -2.86. The number of carboxylic acids is 1. The molecule has 2 aliphatic heterocycles. The quantitative estimate of drug-likeness (QED) is 0.731. The monoisotopic (exact) mass is 464 g/mol. The van der Waals surface area contributed by atoms with Gasteiger partial charge in [-0.2, -0.15) is 0 Å². The number of fused-ring (bicyclic) bond motifs is 3. The van der Waals surface area contributed by atoms with E-state index in [-0.39, 0.29) is 6.42 Å². The maximum Gasteiger partial charge on any atom is 0.307 e. The minimum absolute atomic E-state index is 0.0382. The van der Waals surface area contributed by atoms with Crippen LogP contribution in [0.3, 0.4) is 0 Å². The van der Waals surface area contributed by atoms with Crippen molar-refractivity contribution in [1.29, 1.82) is 0 Å². The first-order valence-electron chi connectivity index (χ1n) is 12.6. The summed E-state index contributed by atoms with van der Waals surface area (Å²) in [5.41, 5.74) is 3.21. The molecule has 34 heavy (non-hydrogen) atoms. The number of aryl methyl sites for hydroxylation is 1. The Bertz CT molecular complexity index is 959. The summed E-state index contributed by atoms with van der Waals surface area (Å²) in [6, 6.07) is 16.5. The van der Waals surface area contributed by atoms with Crippen LogP contribution in [0, 0.1) is 0 Å². The summed E-state index contributed by atoms with van der Waals surface area (Å²) >= 11 is 0. The van der Waals surface area contributed by atoms with Crippen LogP contribution in [0.1, 0.15) is 55.2 Å². The molecule has 182 valence electrons. The number of amides is 1. The van der Waals surface area contributed by atoms with E-state index in [9.17, 15) is 9.59 Å². The number of hydrogen-bond acceptors (Lipinski definition) is 4. The summed E-state index contributed by atoms with van der Waals surface area (Å²) in [5.74, 6) is 0.379. The molecular formula is C28H36N2O4. The number of carboxylic acid groups (broad SMARTS) is 1. The Balaban J connectivity index is 1.45. The van der Waals surface area contributed by atoms with Gasteiger partial charge in [0.1, 0.15) is 12.4 Å². The third kappa shape index (κ3) is 7.07. The topological polar surface area (TPSA) is 70.1 Å². The van der Waals surface area contributed by atoms with E-state index in [0.717, 1.165) is 75.2 Å². The van der Waals surface area contributed by atoms with Crippen LogP contribution in [-0.4, -0.2) is 59.1 Å². The molecule has 1 saturated heterocycles. The molecule has 1 amide bonds. The highest BCUT2D eigenvalue weighted by Crippen LogP contribution is 2.24. The number of ether oxygens (including phenoxy) is 1. The molecule has 2 aliphatic rings. The predicted molar refractivity (Wildman–Crippen MR) is 132 cm³/mol. The van der Waals surface area contributed by atoms with Gasteiger partial charge in [-0.05, 0) is 73.9 Å². The zero-order valence-electron chi connectivity index (χ0n) is 20.0. The summed E-state index contributed by atoms with van der Waals surface area (Å²) < 4.78 is 6.10. The number of carbonyl (C=O) groups is 2. The maximum atomic E-state index is 13.1. The number of carbonyl (C=O) groups excluding carboxylic acids is 1. The first-order chi connectivity index (χ1) is 16.6. The highest BCUT2D eigenvalue weighted by molar-refractivity contribution is 5.76. The summed E-state index contributed by atoms with van der Waals surface area (Å²) in [5, 5.41) is 8.99. The highest BCUT2D eigenvalue weighted by atomic mass is 16.5. The SMILES string of the molecule is O=C(O)Cc1ccc(CN2CCCC(=O)N3CCCCC3CCc3cccc(c3)OCC2)cc1. The lowest BCUT2D eigenvalue weighted by molar-refractivity contribution is -0.136. The van der Waals surface area contributed by atoms with Gasteiger partial charge in [0, 0.05) is 32.1 Å². The third-order valence-electron chi connectivity index (χ3n) is 6.94. The van der Waals surface area contributed by atoms with Crippen molar-refractivity contribution < 1.29 is 19.4 Å². The van der Waals surface area contributed by atoms with Crippen LogP contribution in [-0.2, 0) is 29.0 Å². The Morgan fingerprint density at radius 3 is 2.59 bits per heavy atom. The van der Waals surface area contributed by atoms with Gasteiger partial charge in [-0.1, -0.05) is 36.4 Å². The van der Waals surface area contributed by atoms with Crippen LogP contribution in [0.25, 0.3) is 0 Å². The minimum Gasteiger partial charge on any atom is -0.492 e. The fraction of sp³-hybridized carbons (Fsp3) is 0.500. The molecule has 2 heterocycles. The number of hydrogen-bond donors (Lipinski definition) is 1. The van der Waals surface area contributed by atoms with Gasteiger partial charge in [-0.25, -0.2) is 0 Å². The second-order valence-electron chi connectivity index (χ2n) is 9.54. The van der Waals surface area contributed by atoms with E-state index >= 15 is 0 Å². The number of nitrogens with zero attached hydrogens (tertiary/aromatic N) is 2. The van der Waals surface area contributed by atoms with Crippen molar-refractivity contribution in [3.8, 4) is 5.75 Å². The van der Waals surface area contributed by atoms with Crippen molar-refractivity contribution in [3.05, 3.63) is 65.2 Å². The first kappa shape index (κ1) is 24.3. The molecule has 6 nitrogen and oxygen atoms in total. The fourth-order valence-electron chi connectivity index (χ4n) is 5.11. The van der Waals surface area contributed by atoms with E-state index in [1.807, 2.05) is 30.3 Å². The smallest absolute Gasteiger partial charge is 0.307 e. The van der Waals surface area contributed by atoms with Crippen molar-refractivity contribution in [3.63, 3.8) is 0 Å². The summed E-state index contributed by atoms with van der Waals surface area (Å²) in [7, 11) is 0. The van der Waals surface area contributed by atoms with Crippen molar-refractivity contribution in [2.75, 3.05) is 26.2 Å². The van der Waals surface area contributed by atoms with E-state index in [1.165, 1.54) is 12.0 Å². The second-order valence-corrected chi connectivity index (χ2v) is 9.54. The molecule has 0 saturated carbocycles. The number of benzene rings is 2. The summed E-state index contributed by atoms with van der Waals surface area (Å²) in [6.07, 6.45) is 6.84.